The molecule has 2 saturated carbocycles. The van der Waals surface area contributed by atoms with Crippen molar-refractivity contribution in [3.63, 3.8) is 0 Å². The van der Waals surface area contributed by atoms with Crippen LogP contribution < -0.4 is 0 Å². The normalized spacial score (nSPS) is 66.0. The molecule has 0 unspecified atom stereocenters. The highest BCUT2D eigenvalue weighted by molar-refractivity contribution is 14.1. The molecule has 1 nitrogen and oxygen atoms in total. The smallest absolute Gasteiger partial charge is 0.0727 e. The predicted molar refractivity (Wildman–Crippen MR) is 51.8 cm³/mol. The lowest BCUT2D eigenvalue weighted by atomic mass is 9.82. The zero-order valence-electron chi connectivity index (χ0n) is 6.66. The van der Waals surface area contributed by atoms with Crippen LogP contribution in [-0.2, 0) is 4.74 Å². The van der Waals surface area contributed by atoms with Gasteiger partial charge in [-0.3, -0.25) is 0 Å². The molecule has 62 valence electrons. The van der Waals surface area contributed by atoms with Crippen LogP contribution in [0.15, 0.2) is 0 Å². The summed E-state index contributed by atoms with van der Waals surface area (Å²) in [6.45, 7) is 3.48. The van der Waals surface area contributed by atoms with E-state index < -0.39 is 0 Å². The van der Waals surface area contributed by atoms with E-state index in [1.54, 1.807) is 0 Å². The fourth-order valence-electron chi connectivity index (χ4n) is 3.40. The van der Waals surface area contributed by atoms with E-state index in [2.05, 4.69) is 29.5 Å². The van der Waals surface area contributed by atoms with Gasteiger partial charge in [0.25, 0.3) is 0 Å². The van der Waals surface area contributed by atoms with E-state index in [1.165, 1.54) is 6.42 Å². The second kappa shape index (κ2) is 2.13. The number of hydrogen-bond donors (Lipinski definition) is 0. The molecule has 0 amide bonds. The van der Waals surface area contributed by atoms with Gasteiger partial charge in [0.2, 0.25) is 0 Å². The van der Waals surface area contributed by atoms with E-state index in [0.29, 0.717) is 6.10 Å². The van der Waals surface area contributed by atoms with Crippen molar-refractivity contribution in [2.24, 2.45) is 23.7 Å². The van der Waals surface area contributed by atoms with Crippen LogP contribution in [0.2, 0.25) is 0 Å². The average molecular weight is 264 g/mol. The van der Waals surface area contributed by atoms with Gasteiger partial charge in [-0.15, -0.1) is 0 Å². The first-order chi connectivity index (χ1) is 5.29. The third kappa shape index (κ3) is 0.711. The van der Waals surface area contributed by atoms with E-state index in [0.717, 1.165) is 34.2 Å². The predicted octanol–water partition coefficient (Wildman–Crippen LogP) is 2.09. The molecule has 0 radical (unpaired) electrons. The molecule has 3 fully saturated rings. The van der Waals surface area contributed by atoms with Crippen LogP contribution in [0, 0.1) is 23.7 Å². The molecule has 2 aliphatic carbocycles. The van der Waals surface area contributed by atoms with Gasteiger partial charge < -0.3 is 4.74 Å². The van der Waals surface area contributed by atoms with Crippen molar-refractivity contribution in [3.8, 4) is 0 Å². The van der Waals surface area contributed by atoms with Gasteiger partial charge in [0, 0.05) is 3.92 Å². The molecule has 3 aliphatic rings. The first-order valence-corrected chi connectivity index (χ1v) is 5.79. The van der Waals surface area contributed by atoms with Crippen molar-refractivity contribution in [1.82, 2.24) is 0 Å². The van der Waals surface area contributed by atoms with Gasteiger partial charge >= 0.3 is 0 Å². The number of rotatable bonds is 0. The van der Waals surface area contributed by atoms with Gasteiger partial charge in [-0.05, 0) is 30.1 Å². The summed E-state index contributed by atoms with van der Waals surface area (Å²) < 4.78 is 6.63. The van der Waals surface area contributed by atoms with Crippen molar-refractivity contribution in [1.29, 1.82) is 0 Å². The van der Waals surface area contributed by atoms with Crippen LogP contribution in [0.5, 0.6) is 0 Å². The maximum Gasteiger partial charge on any atom is 0.0727 e. The van der Waals surface area contributed by atoms with E-state index in [-0.39, 0.29) is 0 Å². The van der Waals surface area contributed by atoms with Crippen molar-refractivity contribution < 1.29 is 4.74 Å². The minimum atomic E-state index is 0.641. The summed E-state index contributed by atoms with van der Waals surface area (Å²) in [5.41, 5.74) is 0. The molecule has 2 heteroatoms. The third-order valence-electron chi connectivity index (χ3n) is 4.07. The van der Waals surface area contributed by atoms with Crippen molar-refractivity contribution in [3.05, 3.63) is 0 Å². The molecule has 0 aromatic rings. The summed E-state index contributed by atoms with van der Waals surface area (Å²) in [6, 6.07) is 0. The van der Waals surface area contributed by atoms with Gasteiger partial charge in [0.1, 0.15) is 0 Å². The van der Waals surface area contributed by atoms with Crippen molar-refractivity contribution >= 4 is 22.6 Å². The molecule has 11 heavy (non-hydrogen) atoms. The molecular formula is C9H13IO. The number of alkyl halides is 1. The van der Waals surface area contributed by atoms with Gasteiger partial charge in [-0.2, -0.15) is 0 Å². The van der Waals surface area contributed by atoms with Crippen LogP contribution >= 0.6 is 22.6 Å². The first kappa shape index (κ1) is 7.13. The Morgan fingerprint density at radius 2 is 2.09 bits per heavy atom. The number of fused-ring (bicyclic) bond motifs is 1. The van der Waals surface area contributed by atoms with Crippen LogP contribution in [0.25, 0.3) is 0 Å². The van der Waals surface area contributed by atoms with E-state index in [4.69, 9.17) is 4.74 Å². The highest BCUT2D eigenvalue weighted by atomic mass is 127. The minimum absolute atomic E-state index is 0.641. The van der Waals surface area contributed by atoms with Gasteiger partial charge in [-0.1, -0.05) is 29.5 Å². The maximum absolute atomic E-state index is 5.81. The van der Waals surface area contributed by atoms with Gasteiger partial charge in [-0.25, -0.2) is 0 Å². The van der Waals surface area contributed by atoms with Crippen molar-refractivity contribution in [2.45, 2.75) is 23.4 Å². The highest BCUT2D eigenvalue weighted by Gasteiger charge is 2.59. The monoisotopic (exact) mass is 264 g/mol. The first-order valence-electron chi connectivity index (χ1n) is 4.54. The summed E-state index contributed by atoms with van der Waals surface area (Å²) in [7, 11) is 0. The zero-order chi connectivity index (χ0) is 7.59. The summed E-state index contributed by atoms with van der Waals surface area (Å²) in [4.78, 5) is 0. The Hall–Kier alpha value is 0.690. The van der Waals surface area contributed by atoms with Crippen molar-refractivity contribution in [2.75, 3.05) is 6.61 Å². The molecule has 0 aromatic carbocycles. The Kier molecular flexibility index (Phi) is 1.38. The van der Waals surface area contributed by atoms with Crippen LogP contribution in [0.4, 0.5) is 0 Å². The summed E-state index contributed by atoms with van der Waals surface area (Å²) in [6.07, 6.45) is 2.10. The Bertz CT molecular complexity index is 176. The van der Waals surface area contributed by atoms with Crippen LogP contribution in [0.1, 0.15) is 13.3 Å². The van der Waals surface area contributed by atoms with Gasteiger partial charge in [0.15, 0.2) is 0 Å². The largest absolute Gasteiger partial charge is 0.377 e. The molecule has 0 spiro atoms. The lowest BCUT2D eigenvalue weighted by molar-refractivity contribution is 0.109. The summed E-state index contributed by atoms with van der Waals surface area (Å²) >= 11 is 2.60. The Morgan fingerprint density at radius 1 is 1.27 bits per heavy atom. The molecule has 2 bridgehead atoms. The molecule has 1 saturated heterocycles. The number of hydrogen-bond acceptors (Lipinski definition) is 1. The van der Waals surface area contributed by atoms with E-state index in [1.807, 2.05) is 0 Å². The maximum atomic E-state index is 5.81. The Morgan fingerprint density at radius 3 is 2.82 bits per heavy atom. The summed E-state index contributed by atoms with van der Waals surface area (Å²) in [5.74, 6) is 3.80. The van der Waals surface area contributed by atoms with Crippen LogP contribution in [-0.4, -0.2) is 16.6 Å². The van der Waals surface area contributed by atoms with E-state index >= 15 is 0 Å². The molecule has 0 aromatic heterocycles. The number of halogens is 1. The zero-order valence-corrected chi connectivity index (χ0v) is 8.82. The lowest BCUT2D eigenvalue weighted by Gasteiger charge is -2.27. The second-order valence-corrected chi connectivity index (χ2v) is 5.77. The highest BCUT2D eigenvalue weighted by Crippen LogP contribution is 2.59. The minimum Gasteiger partial charge on any atom is -0.377 e. The molecule has 6 atom stereocenters. The molecule has 0 N–H and O–H groups in total. The quantitative estimate of drug-likeness (QED) is 0.481. The molecule has 1 aliphatic heterocycles. The summed E-state index contributed by atoms with van der Waals surface area (Å²) in [5, 5.41) is 0. The average Bonchev–Trinajstić information content (AvgIpc) is 2.53. The Labute approximate surface area is 81.0 Å². The topological polar surface area (TPSA) is 9.23 Å². The third-order valence-corrected chi connectivity index (χ3v) is 5.70. The Balaban J connectivity index is 2.01. The van der Waals surface area contributed by atoms with Crippen LogP contribution in [0.3, 0.4) is 0 Å². The fourth-order valence-corrected chi connectivity index (χ4v) is 5.09. The molecule has 3 rings (SSSR count). The SMILES string of the molecule is C[C@@H]1[C@@H]2C[C@@H]3[C@H]1CO[C@@H]3[C@H]2I. The number of ether oxygens (including phenoxy) is 1. The molecule has 1 heterocycles. The van der Waals surface area contributed by atoms with E-state index in [9.17, 15) is 0 Å². The standard InChI is InChI=1S/C9H13IO/c1-4-5-2-6-7(4)3-11-9(6)8(5)10/h4-9H,2-3H2,1H3/t4-,5+,6-,7+,8+,9+/m1/s1. The fraction of sp³-hybridized carbons (Fsp3) is 1.00. The van der Waals surface area contributed by atoms with Gasteiger partial charge in [0.05, 0.1) is 12.7 Å². The second-order valence-electron chi connectivity index (χ2n) is 4.33. The lowest BCUT2D eigenvalue weighted by Crippen LogP contribution is -2.31. The molecular weight excluding hydrogens is 251 g/mol.